The van der Waals surface area contributed by atoms with Crippen LogP contribution in [0, 0.1) is 23.7 Å². The lowest BCUT2D eigenvalue weighted by molar-refractivity contribution is -0.148. The lowest BCUT2D eigenvalue weighted by Gasteiger charge is -2.41. The number of benzene rings is 2. The van der Waals surface area contributed by atoms with Gasteiger partial charge in [0.05, 0.1) is 42.8 Å². The van der Waals surface area contributed by atoms with Gasteiger partial charge in [0.2, 0.25) is 17.7 Å². The highest BCUT2D eigenvalue weighted by molar-refractivity contribution is 7.09. The number of likely N-dealkylation sites (N-methyl/N-ethyl adjacent to an activating group) is 2. The Morgan fingerprint density at radius 1 is 0.952 bits per heavy atom. The molecule has 0 aliphatic carbocycles. The van der Waals surface area contributed by atoms with Gasteiger partial charge in [0.15, 0.2) is 0 Å². The van der Waals surface area contributed by atoms with Crippen molar-refractivity contribution >= 4 is 29.1 Å². The molecule has 344 valence electrons. The largest absolute Gasteiger partial charge is 0.508 e. The molecule has 4 N–H and O–H groups in total. The van der Waals surface area contributed by atoms with Gasteiger partial charge in [0.25, 0.3) is 0 Å². The zero-order valence-electron chi connectivity index (χ0n) is 38.9. The van der Waals surface area contributed by atoms with E-state index in [4.69, 9.17) is 9.47 Å². The first kappa shape index (κ1) is 50.7. The number of ether oxygens (including phenoxy) is 2. The molecule has 3 aromatic rings. The summed E-state index contributed by atoms with van der Waals surface area (Å²) in [5.41, 5.74) is 2.08. The van der Waals surface area contributed by atoms with E-state index in [2.05, 4.69) is 41.6 Å². The molecule has 13 nitrogen and oxygen atoms in total. The summed E-state index contributed by atoms with van der Waals surface area (Å²) in [4.78, 5) is 53.2. The maximum atomic E-state index is 14.6. The number of aromatic hydroxyl groups is 1. The highest BCUT2D eigenvalue weighted by Crippen LogP contribution is 2.31. The van der Waals surface area contributed by atoms with Crippen molar-refractivity contribution in [3.63, 3.8) is 0 Å². The van der Waals surface area contributed by atoms with Crippen LogP contribution in [0.25, 0.3) is 0 Å². The molecule has 2 heterocycles. The van der Waals surface area contributed by atoms with Gasteiger partial charge in [-0.05, 0) is 67.3 Å². The second-order valence-electron chi connectivity index (χ2n) is 17.9. The molecule has 4 rings (SSSR count). The van der Waals surface area contributed by atoms with Gasteiger partial charge >= 0.3 is 0 Å². The fourth-order valence-corrected chi connectivity index (χ4v) is 9.87. The van der Waals surface area contributed by atoms with Gasteiger partial charge < -0.3 is 34.8 Å². The molecule has 1 aromatic heterocycles. The number of carbonyl (C=O) groups excluding carboxylic acids is 3. The van der Waals surface area contributed by atoms with Gasteiger partial charge in [0.1, 0.15) is 23.0 Å². The SMILES string of the molecule is CC[C@H](C)[C@@H]([C@@H](CC(=O)N1CCC[C@H]1[C@H](OC)[C@@H](C)C(O)N[C@@H](Cc1ccccc1)c1nccs1)OC)N(C)C(=O)[C@@H](NC(=O)[C@H](C(C)C)N(C)Cc1ccc(O)cc1)C(C)C. The van der Waals surface area contributed by atoms with Gasteiger partial charge in [-0.2, -0.15) is 0 Å². The van der Waals surface area contributed by atoms with Crippen LogP contribution in [0.2, 0.25) is 0 Å². The Morgan fingerprint density at radius 2 is 1.63 bits per heavy atom. The number of nitrogens with zero attached hydrogens (tertiary/aromatic N) is 4. The van der Waals surface area contributed by atoms with E-state index in [0.717, 1.165) is 35.4 Å². The highest BCUT2D eigenvalue weighted by atomic mass is 32.1. The van der Waals surface area contributed by atoms with Crippen molar-refractivity contribution in [1.82, 2.24) is 30.3 Å². The molecule has 0 spiro atoms. The minimum Gasteiger partial charge on any atom is -0.508 e. The van der Waals surface area contributed by atoms with E-state index in [1.165, 1.54) is 0 Å². The lowest BCUT2D eigenvalue weighted by Crippen LogP contribution is -2.60. The highest BCUT2D eigenvalue weighted by Gasteiger charge is 2.43. The van der Waals surface area contributed by atoms with Crippen molar-refractivity contribution < 1.29 is 34.1 Å². The van der Waals surface area contributed by atoms with E-state index in [0.29, 0.717) is 19.5 Å². The standard InChI is InChI=1S/C48H74N6O7S/c1-12-32(6)43(53(9)48(59)41(30(2)3)51-46(58)42(31(4)5)52(8)29-35-20-22-36(55)23-21-35)39(60-10)28-40(56)54-25-16-19-38(54)44(61-11)33(7)45(57)50-37(47-49-24-26-62-47)27-34-17-14-13-15-18-34/h13-15,17-18,20-24,26,30-33,37-39,41-45,50,55,57H,12,16,19,25,27-29H2,1-11H3,(H,51,58)/t32-,33+,37-,38-,39+,41-,42-,43-,44+,45?/m0/s1. The molecule has 10 atom stereocenters. The first-order chi connectivity index (χ1) is 29.5. The summed E-state index contributed by atoms with van der Waals surface area (Å²) in [6.45, 7) is 14.9. The third-order valence-electron chi connectivity index (χ3n) is 12.7. The molecule has 0 saturated carbocycles. The Morgan fingerprint density at radius 3 is 2.19 bits per heavy atom. The number of aliphatic hydroxyl groups is 1. The Kier molecular flexibility index (Phi) is 19.8. The number of rotatable bonds is 24. The van der Waals surface area contributed by atoms with Crippen LogP contribution < -0.4 is 10.6 Å². The van der Waals surface area contributed by atoms with Crippen molar-refractivity contribution in [2.75, 3.05) is 34.9 Å². The summed E-state index contributed by atoms with van der Waals surface area (Å²) in [7, 11) is 6.86. The number of aromatic nitrogens is 1. The van der Waals surface area contributed by atoms with E-state index in [1.54, 1.807) is 55.8 Å². The van der Waals surface area contributed by atoms with Crippen LogP contribution in [0.15, 0.2) is 66.2 Å². The first-order valence-corrected chi connectivity index (χ1v) is 23.2. The average molecular weight is 879 g/mol. The second-order valence-corrected chi connectivity index (χ2v) is 18.8. The summed E-state index contributed by atoms with van der Waals surface area (Å²) in [5.74, 6) is -1.08. The minimum atomic E-state index is -0.943. The average Bonchev–Trinajstić information content (AvgIpc) is 3.97. The predicted molar refractivity (Wildman–Crippen MR) is 245 cm³/mol. The van der Waals surface area contributed by atoms with E-state index in [-0.39, 0.29) is 65.6 Å². The van der Waals surface area contributed by atoms with Gasteiger partial charge in [0, 0.05) is 51.9 Å². The molecule has 1 aliphatic heterocycles. The van der Waals surface area contributed by atoms with Crippen LogP contribution in [-0.4, -0.2) is 125 Å². The normalized spacial score (nSPS) is 18.8. The summed E-state index contributed by atoms with van der Waals surface area (Å²) >= 11 is 1.54. The van der Waals surface area contributed by atoms with Crippen LogP contribution in [-0.2, 0) is 36.8 Å². The third-order valence-corrected chi connectivity index (χ3v) is 13.6. The molecular weight excluding hydrogens is 805 g/mol. The van der Waals surface area contributed by atoms with Crippen molar-refractivity contribution in [3.8, 4) is 5.75 Å². The number of hydrogen-bond acceptors (Lipinski definition) is 11. The van der Waals surface area contributed by atoms with Gasteiger partial charge in [-0.1, -0.05) is 97.4 Å². The number of amides is 3. The first-order valence-electron chi connectivity index (χ1n) is 22.3. The number of carbonyl (C=O) groups is 3. The van der Waals surface area contributed by atoms with Crippen molar-refractivity contribution in [3.05, 3.63) is 82.3 Å². The number of phenols is 1. The van der Waals surface area contributed by atoms with Crippen LogP contribution in [0.4, 0.5) is 0 Å². The second kappa shape index (κ2) is 24.2. The number of likely N-dealkylation sites (tertiary alicyclic amines) is 1. The smallest absolute Gasteiger partial charge is 0.245 e. The van der Waals surface area contributed by atoms with E-state index in [1.807, 2.05) is 87.2 Å². The van der Waals surface area contributed by atoms with Crippen molar-refractivity contribution in [2.24, 2.45) is 23.7 Å². The van der Waals surface area contributed by atoms with Gasteiger partial charge in [-0.3, -0.25) is 24.6 Å². The topological polar surface area (TPSA) is 157 Å². The molecule has 2 aromatic carbocycles. The predicted octanol–water partition coefficient (Wildman–Crippen LogP) is 6.26. The molecule has 14 heteroatoms. The Hall–Kier alpha value is -3.92. The summed E-state index contributed by atoms with van der Waals surface area (Å²) in [6.07, 6.45) is 2.70. The minimum absolute atomic E-state index is 0.0333. The van der Waals surface area contributed by atoms with Crippen LogP contribution in [0.5, 0.6) is 5.75 Å². The number of methoxy groups -OCH3 is 2. The summed E-state index contributed by atoms with van der Waals surface area (Å²) in [6, 6.07) is 14.8. The number of phenolic OH excluding ortho intramolecular Hbond substituents is 1. The Labute approximate surface area is 374 Å². The zero-order chi connectivity index (χ0) is 45.7. The number of hydrogen-bond donors (Lipinski definition) is 4. The molecule has 1 aliphatic rings. The summed E-state index contributed by atoms with van der Waals surface area (Å²) in [5, 5.41) is 30.8. The molecule has 0 bridgehead atoms. The van der Waals surface area contributed by atoms with E-state index >= 15 is 0 Å². The molecule has 62 heavy (non-hydrogen) atoms. The van der Waals surface area contributed by atoms with Crippen LogP contribution in [0.3, 0.4) is 0 Å². The molecule has 1 saturated heterocycles. The number of aliphatic hydroxyl groups excluding tert-OH is 1. The fraction of sp³-hybridized carbons (Fsp3) is 0.625. The van der Waals surface area contributed by atoms with Crippen LogP contribution >= 0.6 is 11.3 Å². The van der Waals surface area contributed by atoms with Gasteiger partial charge in [-0.25, -0.2) is 4.98 Å². The van der Waals surface area contributed by atoms with Crippen molar-refractivity contribution in [2.45, 2.75) is 136 Å². The van der Waals surface area contributed by atoms with Gasteiger partial charge in [-0.15, -0.1) is 11.3 Å². The van der Waals surface area contributed by atoms with E-state index in [9.17, 15) is 24.6 Å². The molecule has 1 unspecified atom stereocenters. The molecule has 0 radical (unpaired) electrons. The quantitative estimate of drug-likeness (QED) is 0.0759. The Bertz CT molecular complexity index is 1800. The molecule has 1 fully saturated rings. The lowest BCUT2D eigenvalue weighted by atomic mass is 9.89. The molecule has 3 amide bonds. The number of nitrogens with one attached hydrogen (secondary N) is 2. The number of thiazole rings is 1. The summed E-state index contributed by atoms with van der Waals surface area (Å²) < 4.78 is 12.2. The zero-order valence-corrected chi connectivity index (χ0v) is 39.7. The maximum absolute atomic E-state index is 14.6. The fourth-order valence-electron chi connectivity index (χ4n) is 9.17. The molecular formula is C48H74N6O7S. The monoisotopic (exact) mass is 879 g/mol. The third kappa shape index (κ3) is 13.3. The Balaban J connectivity index is 1.48. The van der Waals surface area contributed by atoms with Crippen molar-refractivity contribution in [1.29, 1.82) is 0 Å². The maximum Gasteiger partial charge on any atom is 0.245 e. The van der Waals surface area contributed by atoms with Crippen LogP contribution in [0.1, 0.15) is 96.3 Å². The van der Waals surface area contributed by atoms with E-state index < -0.39 is 36.6 Å².